The first-order chi connectivity index (χ1) is 8.97. The molecule has 0 bridgehead atoms. The summed E-state index contributed by atoms with van der Waals surface area (Å²) < 4.78 is 0. The van der Waals surface area contributed by atoms with Crippen LogP contribution in [0.1, 0.15) is 26.7 Å². The molecule has 19 heavy (non-hydrogen) atoms. The average molecular weight is 267 g/mol. The van der Waals surface area contributed by atoms with Gasteiger partial charge < -0.3 is 15.1 Å². The molecule has 108 valence electrons. The van der Waals surface area contributed by atoms with Crippen molar-refractivity contribution in [2.24, 2.45) is 11.3 Å². The lowest BCUT2D eigenvalue weighted by molar-refractivity contribution is -0.147. The van der Waals surface area contributed by atoms with E-state index in [0.29, 0.717) is 12.5 Å². The van der Waals surface area contributed by atoms with Crippen LogP contribution in [0.25, 0.3) is 0 Å². The number of likely N-dealkylation sites (N-methyl/N-ethyl adjacent to an activating group) is 1. The fraction of sp³-hybridized carbons (Fsp3) is 0.857. The van der Waals surface area contributed by atoms with Gasteiger partial charge in [0.2, 0.25) is 11.8 Å². The maximum Gasteiger partial charge on any atom is 0.241 e. The number of hydrogen-bond donors (Lipinski definition) is 1. The van der Waals surface area contributed by atoms with Gasteiger partial charge in [-0.2, -0.15) is 0 Å². The van der Waals surface area contributed by atoms with Crippen LogP contribution in [0.2, 0.25) is 0 Å². The summed E-state index contributed by atoms with van der Waals surface area (Å²) in [7, 11) is 1.81. The van der Waals surface area contributed by atoms with Crippen molar-refractivity contribution in [3.8, 4) is 0 Å². The summed E-state index contributed by atoms with van der Waals surface area (Å²) in [5.41, 5.74) is -0.316. The van der Waals surface area contributed by atoms with Crippen LogP contribution >= 0.6 is 0 Å². The quantitative estimate of drug-likeness (QED) is 0.783. The second-order valence-corrected chi connectivity index (χ2v) is 6.13. The molecular formula is C14H25N3O2. The van der Waals surface area contributed by atoms with Crippen LogP contribution in [0.5, 0.6) is 0 Å². The monoisotopic (exact) mass is 267 g/mol. The summed E-state index contributed by atoms with van der Waals surface area (Å²) in [6, 6.07) is 0. The zero-order valence-corrected chi connectivity index (χ0v) is 12.2. The van der Waals surface area contributed by atoms with Crippen molar-refractivity contribution in [1.82, 2.24) is 15.1 Å². The second-order valence-electron chi connectivity index (χ2n) is 6.13. The lowest BCUT2D eigenvalue weighted by Gasteiger charge is -2.36. The number of amides is 2. The molecule has 2 rings (SSSR count). The number of carbonyl (C=O) groups is 2. The first-order valence-electron chi connectivity index (χ1n) is 7.21. The van der Waals surface area contributed by atoms with E-state index in [2.05, 4.69) is 19.2 Å². The van der Waals surface area contributed by atoms with Crippen LogP contribution in [0.3, 0.4) is 0 Å². The van der Waals surface area contributed by atoms with E-state index in [0.717, 1.165) is 32.5 Å². The SMILES string of the molecule is CC(C)C1(C(=O)N2CCCN(C)C(=O)C2)CCNC1. The number of nitrogens with zero attached hydrogens (tertiary/aromatic N) is 2. The highest BCUT2D eigenvalue weighted by atomic mass is 16.2. The molecule has 1 atom stereocenters. The average Bonchev–Trinajstić information content (AvgIpc) is 2.80. The van der Waals surface area contributed by atoms with E-state index in [4.69, 9.17) is 0 Å². The normalized spacial score (nSPS) is 28.9. The molecule has 0 aromatic heterocycles. The Hall–Kier alpha value is -1.10. The molecule has 2 aliphatic rings. The van der Waals surface area contributed by atoms with E-state index in [9.17, 15) is 9.59 Å². The van der Waals surface area contributed by atoms with Gasteiger partial charge >= 0.3 is 0 Å². The summed E-state index contributed by atoms with van der Waals surface area (Å²) in [5, 5.41) is 3.31. The van der Waals surface area contributed by atoms with Crippen molar-refractivity contribution in [3.05, 3.63) is 0 Å². The molecule has 5 nitrogen and oxygen atoms in total. The third-order valence-corrected chi connectivity index (χ3v) is 4.68. The molecule has 2 amide bonds. The predicted molar refractivity (Wildman–Crippen MR) is 73.6 cm³/mol. The summed E-state index contributed by atoms with van der Waals surface area (Å²) >= 11 is 0. The van der Waals surface area contributed by atoms with Gasteiger partial charge in [0.15, 0.2) is 0 Å². The van der Waals surface area contributed by atoms with Gasteiger partial charge in [0.1, 0.15) is 0 Å². The predicted octanol–water partition coefficient (Wildman–Crippen LogP) is 0.313. The summed E-state index contributed by atoms with van der Waals surface area (Å²) in [6.45, 7) is 7.53. The van der Waals surface area contributed by atoms with Gasteiger partial charge in [-0.25, -0.2) is 0 Å². The molecule has 1 unspecified atom stereocenters. The van der Waals surface area contributed by atoms with Gasteiger partial charge in [0.05, 0.1) is 12.0 Å². The van der Waals surface area contributed by atoms with Crippen LogP contribution in [-0.4, -0.2) is 61.4 Å². The van der Waals surface area contributed by atoms with Crippen LogP contribution in [0, 0.1) is 11.3 Å². The van der Waals surface area contributed by atoms with E-state index in [1.807, 2.05) is 7.05 Å². The highest BCUT2D eigenvalue weighted by Crippen LogP contribution is 2.36. The Labute approximate surface area is 115 Å². The third-order valence-electron chi connectivity index (χ3n) is 4.68. The summed E-state index contributed by atoms with van der Waals surface area (Å²) in [6.07, 6.45) is 1.75. The Morgan fingerprint density at radius 1 is 1.37 bits per heavy atom. The van der Waals surface area contributed by atoms with Gasteiger partial charge in [-0.05, 0) is 25.3 Å². The number of rotatable bonds is 2. The molecular weight excluding hydrogens is 242 g/mol. The van der Waals surface area contributed by atoms with Crippen molar-refractivity contribution >= 4 is 11.8 Å². The standard InChI is InChI=1S/C14H25N3O2/c1-11(2)14(5-6-15-10-14)13(19)17-8-4-7-16(3)12(18)9-17/h11,15H,4-10H2,1-3H3. The molecule has 0 aliphatic carbocycles. The van der Waals surface area contributed by atoms with Crippen LogP contribution < -0.4 is 5.32 Å². The van der Waals surface area contributed by atoms with E-state index in [-0.39, 0.29) is 23.8 Å². The van der Waals surface area contributed by atoms with Crippen LogP contribution in [0.4, 0.5) is 0 Å². The van der Waals surface area contributed by atoms with Crippen LogP contribution in [-0.2, 0) is 9.59 Å². The zero-order valence-electron chi connectivity index (χ0n) is 12.2. The van der Waals surface area contributed by atoms with E-state index < -0.39 is 0 Å². The van der Waals surface area contributed by atoms with Crippen molar-refractivity contribution in [3.63, 3.8) is 0 Å². The lowest BCUT2D eigenvalue weighted by Crippen LogP contribution is -2.50. The van der Waals surface area contributed by atoms with Crippen molar-refractivity contribution in [2.45, 2.75) is 26.7 Å². The zero-order chi connectivity index (χ0) is 14.0. The molecule has 0 radical (unpaired) electrons. The van der Waals surface area contributed by atoms with E-state index in [1.165, 1.54) is 0 Å². The minimum atomic E-state index is -0.316. The molecule has 2 aliphatic heterocycles. The first kappa shape index (κ1) is 14.3. The molecule has 0 saturated carbocycles. The maximum atomic E-state index is 12.9. The van der Waals surface area contributed by atoms with E-state index >= 15 is 0 Å². The Kier molecular flexibility index (Phi) is 4.13. The topological polar surface area (TPSA) is 52.7 Å². The number of hydrogen-bond acceptors (Lipinski definition) is 3. The maximum absolute atomic E-state index is 12.9. The largest absolute Gasteiger partial charge is 0.344 e. The van der Waals surface area contributed by atoms with Crippen molar-refractivity contribution < 1.29 is 9.59 Å². The molecule has 0 aromatic rings. The Morgan fingerprint density at radius 2 is 2.11 bits per heavy atom. The molecule has 0 aromatic carbocycles. The molecule has 5 heteroatoms. The smallest absolute Gasteiger partial charge is 0.241 e. The minimum absolute atomic E-state index is 0.0516. The molecule has 2 saturated heterocycles. The minimum Gasteiger partial charge on any atom is -0.344 e. The molecule has 2 fully saturated rings. The van der Waals surface area contributed by atoms with Gasteiger partial charge in [-0.15, -0.1) is 0 Å². The van der Waals surface area contributed by atoms with Gasteiger partial charge in [0, 0.05) is 26.7 Å². The Balaban J connectivity index is 2.15. The molecule has 0 spiro atoms. The lowest BCUT2D eigenvalue weighted by atomic mass is 9.75. The Morgan fingerprint density at radius 3 is 2.68 bits per heavy atom. The van der Waals surface area contributed by atoms with Gasteiger partial charge in [0.25, 0.3) is 0 Å². The highest BCUT2D eigenvalue weighted by Gasteiger charge is 2.46. The fourth-order valence-corrected chi connectivity index (χ4v) is 3.11. The number of carbonyl (C=O) groups excluding carboxylic acids is 2. The third kappa shape index (κ3) is 2.61. The highest BCUT2D eigenvalue weighted by molar-refractivity contribution is 5.88. The second kappa shape index (κ2) is 5.49. The summed E-state index contributed by atoms with van der Waals surface area (Å²) in [5.74, 6) is 0.512. The van der Waals surface area contributed by atoms with E-state index in [1.54, 1.807) is 9.80 Å². The van der Waals surface area contributed by atoms with Gasteiger partial charge in [-0.3, -0.25) is 9.59 Å². The van der Waals surface area contributed by atoms with Gasteiger partial charge in [-0.1, -0.05) is 13.8 Å². The van der Waals surface area contributed by atoms with Crippen molar-refractivity contribution in [1.29, 1.82) is 0 Å². The Bertz CT molecular complexity index is 362. The molecule has 1 N–H and O–H groups in total. The van der Waals surface area contributed by atoms with Crippen LogP contribution in [0.15, 0.2) is 0 Å². The molecule has 2 heterocycles. The van der Waals surface area contributed by atoms with Crippen molar-refractivity contribution in [2.75, 3.05) is 39.8 Å². The number of nitrogens with one attached hydrogen (secondary N) is 1. The fourth-order valence-electron chi connectivity index (χ4n) is 3.11. The first-order valence-corrected chi connectivity index (χ1v) is 7.21. The summed E-state index contributed by atoms with van der Waals surface area (Å²) in [4.78, 5) is 28.3.